The molecule has 12 heteroatoms. The minimum absolute atomic E-state index is 0.0385. The smallest absolute Gasteiger partial charge is 0.416 e. The summed E-state index contributed by atoms with van der Waals surface area (Å²) < 4.78 is 43.4. The average molecular weight is 463 g/mol. The Labute approximate surface area is 186 Å². The molecule has 174 valence electrons. The van der Waals surface area contributed by atoms with E-state index in [9.17, 15) is 18.0 Å². The maximum absolute atomic E-state index is 12.6. The summed E-state index contributed by atoms with van der Waals surface area (Å²) in [6.07, 6.45) is -4.48. The van der Waals surface area contributed by atoms with Gasteiger partial charge in [-0.05, 0) is 59.7 Å². The number of ether oxygens (including phenoxy) is 1. The van der Waals surface area contributed by atoms with Gasteiger partial charge in [-0.25, -0.2) is 0 Å². The lowest BCUT2D eigenvalue weighted by Gasteiger charge is -2.08. The third-order valence-electron chi connectivity index (χ3n) is 4.37. The highest BCUT2D eigenvalue weighted by molar-refractivity contribution is 5.98. The first kappa shape index (κ1) is 23.7. The number of aryl methyl sites for hydroxylation is 1. The third kappa shape index (κ3) is 7.30. The summed E-state index contributed by atoms with van der Waals surface area (Å²) in [5, 5.41) is 24.3. The lowest BCUT2D eigenvalue weighted by atomic mass is 10.1. The summed E-state index contributed by atoms with van der Waals surface area (Å²) >= 11 is 0. The second-order valence-electron chi connectivity index (χ2n) is 6.90. The van der Waals surface area contributed by atoms with Crippen LogP contribution in [0.5, 0.6) is 5.75 Å². The highest BCUT2D eigenvalue weighted by Gasteiger charge is 2.29. The zero-order chi connectivity index (χ0) is 23.8. The van der Waals surface area contributed by atoms with E-state index < -0.39 is 17.7 Å². The monoisotopic (exact) mass is 463 g/mol. The summed E-state index contributed by atoms with van der Waals surface area (Å²) in [5.41, 5.74) is 1.20. The summed E-state index contributed by atoms with van der Waals surface area (Å²) in [6, 6.07) is 11.7. The molecule has 33 heavy (non-hydrogen) atoms. The largest absolute Gasteiger partial charge is 0.485 e. The van der Waals surface area contributed by atoms with Gasteiger partial charge in [0.2, 0.25) is 5.82 Å². The number of aliphatic carboxylic acids is 1. The van der Waals surface area contributed by atoms with Gasteiger partial charge in [-0.3, -0.25) is 4.79 Å². The minimum Gasteiger partial charge on any atom is -0.485 e. The number of rotatable bonds is 10. The first-order valence-electron chi connectivity index (χ1n) is 9.75. The summed E-state index contributed by atoms with van der Waals surface area (Å²) in [4.78, 5) is 17.0. The van der Waals surface area contributed by atoms with Crippen molar-refractivity contribution in [1.82, 2.24) is 20.2 Å². The second kappa shape index (κ2) is 10.6. The van der Waals surface area contributed by atoms with Gasteiger partial charge >= 0.3 is 12.1 Å². The van der Waals surface area contributed by atoms with Gasteiger partial charge in [0.1, 0.15) is 12.4 Å². The predicted molar refractivity (Wildman–Crippen MR) is 109 cm³/mol. The number of benzene rings is 2. The molecule has 0 unspecified atom stereocenters. The molecule has 0 amide bonds. The van der Waals surface area contributed by atoms with Crippen molar-refractivity contribution in [3.8, 4) is 5.75 Å². The van der Waals surface area contributed by atoms with Crippen LogP contribution in [-0.2, 0) is 35.6 Å². The zero-order valence-corrected chi connectivity index (χ0v) is 17.5. The SMILES string of the molecule is C/C(=N\OCc1ccc(C(F)(F)F)cc1)c1ccc(OCc2nnn(CCC(=O)O)n2)cc1. The fourth-order valence-corrected chi connectivity index (χ4v) is 2.61. The van der Waals surface area contributed by atoms with Gasteiger partial charge in [-0.15, -0.1) is 10.2 Å². The van der Waals surface area contributed by atoms with Crippen molar-refractivity contribution in [2.45, 2.75) is 39.3 Å². The van der Waals surface area contributed by atoms with Crippen molar-refractivity contribution in [3.63, 3.8) is 0 Å². The van der Waals surface area contributed by atoms with Gasteiger partial charge in [0, 0.05) is 0 Å². The van der Waals surface area contributed by atoms with Crippen LogP contribution < -0.4 is 4.74 Å². The van der Waals surface area contributed by atoms with E-state index in [1.165, 1.54) is 16.9 Å². The molecule has 0 saturated carbocycles. The van der Waals surface area contributed by atoms with Gasteiger partial charge in [0.05, 0.1) is 24.2 Å². The number of nitrogens with zero attached hydrogens (tertiary/aromatic N) is 5. The molecule has 0 aliphatic rings. The standard InChI is InChI=1S/C21H20F3N5O4/c1-14(27-33-12-15-2-6-17(7-3-15)21(22,23)24)16-4-8-18(9-5-16)32-13-19-25-28-29(26-19)11-10-20(30)31/h2-9H,10-13H2,1H3,(H,30,31)/b27-14+. The van der Waals surface area contributed by atoms with Gasteiger partial charge in [-0.1, -0.05) is 17.3 Å². The Kier molecular flexibility index (Phi) is 7.59. The van der Waals surface area contributed by atoms with Crippen LogP contribution in [0.4, 0.5) is 13.2 Å². The number of carboxylic acid groups (broad SMARTS) is 1. The molecule has 0 fully saturated rings. The molecular formula is C21H20F3N5O4. The molecule has 9 nitrogen and oxygen atoms in total. The van der Waals surface area contributed by atoms with Crippen LogP contribution in [-0.4, -0.2) is 37.0 Å². The van der Waals surface area contributed by atoms with E-state index >= 15 is 0 Å². The van der Waals surface area contributed by atoms with Gasteiger partial charge < -0.3 is 14.7 Å². The van der Waals surface area contributed by atoms with Crippen LogP contribution in [0.2, 0.25) is 0 Å². The van der Waals surface area contributed by atoms with E-state index in [1.54, 1.807) is 31.2 Å². The second-order valence-corrected chi connectivity index (χ2v) is 6.90. The summed E-state index contributed by atoms with van der Waals surface area (Å²) in [7, 11) is 0. The molecule has 3 rings (SSSR count). The Morgan fingerprint density at radius 3 is 2.42 bits per heavy atom. The topological polar surface area (TPSA) is 112 Å². The number of alkyl halides is 3. The Balaban J connectivity index is 1.47. The molecule has 0 saturated heterocycles. The Morgan fingerprint density at radius 2 is 1.79 bits per heavy atom. The van der Waals surface area contributed by atoms with Crippen molar-refractivity contribution in [2.24, 2.45) is 5.16 Å². The van der Waals surface area contributed by atoms with E-state index in [2.05, 4.69) is 20.6 Å². The van der Waals surface area contributed by atoms with Crippen LogP contribution in [0.25, 0.3) is 0 Å². The van der Waals surface area contributed by atoms with Crippen LogP contribution in [0.3, 0.4) is 0 Å². The molecule has 3 aromatic rings. The molecule has 0 aliphatic heterocycles. The van der Waals surface area contributed by atoms with E-state index in [-0.39, 0.29) is 26.2 Å². The molecule has 0 radical (unpaired) electrons. The highest BCUT2D eigenvalue weighted by Crippen LogP contribution is 2.29. The van der Waals surface area contributed by atoms with Crippen molar-refractivity contribution in [3.05, 3.63) is 71.0 Å². The normalized spacial score (nSPS) is 11.9. The minimum atomic E-state index is -4.37. The van der Waals surface area contributed by atoms with Crippen molar-refractivity contribution in [2.75, 3.05) is 0 Å². The van der Waals surface area contributed by atoms with E-state index in [1.807, 2.05) is 0 Å². The fraction of sp³-hybridized carbons (Fsp3) is 0.286. The highest BCUT2D eigenvalue weighted by atomic mass is 19.4. The molecule has 1 N–H and O–H groups in total. The van der Waals surface area contributed by atoms with Crippen LogP contribution >= 0.6 is 0 Å². The number of carbonyl (C=O) groups is 1. The first-order valence-corrected chi connectivity index (χ1v) is 9.75. The maximum atomic E-state index is 12.6. The van der Waals surface area contributed by atoms with E-state index in [4.69, 9.17) is 14.7 Å². The molecule has 0 bridgehead atoms. The first-order chi connectivity index (χ1) is 15.7. The fourth-order valence-electron chi connectivity index (χ4n) is 2.61. The third-order valence-corrected chi connectivity index (χ3v) is 4.37. The summed E-state index contributed by atoms with van der Waals surface area (Å²) in [5.74, 6) is -0.0769. The van der Waals surface area contributed by atoms with Crippen LogP contribution in [0, 0.1) is 0 Å². The number of aromatic nitrogens is 4. The molecule has 0 spiro atoms. The van der Waals surface area contributed by atoms with Crippen molar-refractivity contribution >= 4 is 11.7 Å². The Morgan fingerprint density at radius 1 is 1.09 bits per heavy atom. The number of hydrogen-bond donors (Lipinski definition) is 1. The Hall–Kier alpha value is -3.96. The molecule has 1 aromatic heterocycles. The van der Waals surface area contributed by atoms with Crippen LogP contribution in [0.15, 0.2) is 53.7 Å². The van der Waals surface area contributed by atoms with Gasteiger partial charge in [0.25, 0.3) is 0 Å². The lowest BCUT2D eigenvalue weighted by molar-refractivity contribution is -0.138. The van der Waals surface area contributed by atoms with E-state index in [0.29, 0.717) is 22.8 Å². The number of carboxylic acids is 1. The quantitative estimate of drug-likeness (QED) is 0.361. The number of oxime groups is 1. The lowest BCUT2D eigenvalue weighted by Crippen LogP contribution is -2.08. The number of tetrazole rings is 1. The molecule has 0 atom stereocenters. The van der Waals surface area contributed by atoms with Gasteiger partial charge in [0.15, 0.2) is 6.61 Å². The average Bonchev–Trinajstić information content (AvgIpc) is 3.24. The van der Waals surface area contributed by atoms with Crippen molar-refractivity contribution in [1.29, 1.82) is 0 Å². The van der Waals surface area contributed by atoms with Crippen LogP contribution in [0.1, 0.15) is 35.9 Å². The maximum Gasteiger partial charge on any atom is 0.416 e. The Bertz CT molecular complexity index is 1100. The van der Waals surface area contributed by atoms with E-state index in [0.717, 1.165) is 17.7 Å². The molecule has 2 aromatic carbocycles. The number of halogens is 3. The molecule has 1 heterocycles. The van der Waals surface area contributed by atoms with Crippen molar-refractivity contribution < 1.29 is 32.6 Å². The van der Waals surface area contributed by atoms with Gasteiger partial charge in [-0.2, -0.15) is 18.0 Å². The number of hydrogen-bond acceptors (Lipinski definition) is 7. The zero-order valence-electron chi connectivity index (χ0n) is 17.5. The molecule has 0 aliphatic carbocycles. The predicted octanol–water partition coefficient (Wildman–Crippen LogP) is 3.69. The summed E-state index contributed by atoms with van der Waals surface area (Å²) in [6.45, 7) is 1.96. The molecular weight excluding hydrogens is 443 g/mol.